The van der Waals surface area contributed by atoms with Gasteiger partial charge in [-0.3, -0.25) is 9.20 Å². The number of benzene rings is 1. The Kier molecular flexibility index (Phi) is 6.60. The summed E-state index contributed by atoms with van der Waals surface area (Å²) >= 11 is 6.39. The molecule has 0 spiro atoms. The van der Waals surface area contributed by atoms with Crippen molar-refractivity contribution in [3.63, 3.8) is 0 Å². The molecule has 0 fully saturated rings. The standard InChI is InChI=1S/C22H21ClN6O3/c1-32-13-15-10-14(21(31)24-7-9-30)5-6-17(15)27-22-26-11-16(23)20(28-22)18-12-25-19-4-2-3-8-29(18)19/h2-6,8,10-12,30H,7,9,13H2,1H3,(H,24,31)(H,26,27,28). The van der Waals surface area contributed by atoms with Gasteiger partial charge in [0.1, 0.15) is 11.3 Å². The number of aromatic nitrogens is 4. The fourth-order valence-corrected chi connectivity index (χ4v) is 3.43. The van der Waals surface area contributed by atoms with Gasteiger partial charge in [0.25, 0.3) is 5.91 Å². The van der Waals surface area contributed by atoms with Crippen LogP contribution in [0.15, 0.2) is 55.0 Å². The zero-order valence-electron chi connectivity index (χ0n) is 17.2. The summed E-state index contributed by atoms with van der Waals surface area (Å²) in [7, 11) is 1.57. The van der Waals surface area contributed by atoms with E-state index >= 15 is 0 Å². The van der Waals surface area contributed by atoms with Gasteiger partial charge in [-0.05, 0) is 30.3 Å². The summed E-state index contributed by atoms with van der Waals surface area (Å²) in [6.07, 6.45) is 5.13. The topological polar surface area (TPSA) is 114 Å². The highest BCUT2D eigenvalue weighted by Gasteiger charge is 2.15. The number of amides is 1. The van der Waals surface area contributed by atoms with Gasteiger partial charge in [-0.15, -0.1) is 0 Å². The van der Waals surface area contributed by atoms with Gasteiger partial charge in [0.2, 0.25) is 5.95 Å². The molecule has 0 saturated carbocycles. The quantitative estimate of drug-likeness (QED) is 0.376. The molecule has 3 N–H and O–H groups in total. The molecule has 0 unspecified atom stereocenters. The van der Waals surface area contributed by atoms with Gasteiger partial charge >= 0.3 is 0 Å². The maximum Gasteiger partial charge on any atom is 0.251 e. The first kappa shape index (κ1) is 21.7. The first-order valence-electron chi connectivity index (χ1n) is 9.83. The molecule has 0 saturated heterocycles. The molecule has 0 atom stereocenters. The lowest BCUT2D eigenvalue weighted by atomic mass is 10.1. The first-order valence-corrected chi connectivity index (χ1v) is 10.2. The average molecular weight is 453 g/mol. The van der Waals surface area contributed by atoms with E-state index < -0.39 is 0 Å². The van der Waals surface area contributed by atoms with Gasteiger partial charge in [-0.25, -0.2) is 15.0 Å². The smallest absolute Gasteiger partial charge is 0.251 e. The third-order valence-corrected chi connectivity index (χ3v) is 4.99. The van der Waals surface area contributed by atoms with Crippen molar-refractivity contribution in [3.05, 3.63) is 71.1 Å². The van der Waals surface area contributed by atoms with Crippen molar-refractivity contribution in [1.82, 2.24) is 24.7 Å². The first-order chi connectivity index (χ1) is 15.6. The van der Waals surface area contributed by atoms with E-state index in [9.17, 15) is 4.79 Å². The number of carbonyl (C=O) groups is 1. The average Bonchev–Trinajstić information content (AvgIpc) is 3.24. The number of ether oxygens (including phenoxy) is 1. The van der Waals surface area contributed by atoms with E-state index in [1.54, 1.807) is 31.5 Å². The van der Waals surface area contributed by atoms with Crippen LogP contribution < -0.4 is 10.6 Å². The van der Waals surface area contributed by atoms with E-state index in [1.165, 1.54) is 6.20 Å². The SMILES string of the molecule is COCc1cc(C(=O)NCCO)ccc1Nc1ncc(Cl)c(-c2cnc3ccccn23)n1. The summed E-state index contributed by atoms with van der Waals surface area (Å²) in [5.41, 5.74) is 3.96. The van der Waals surface area contributed by atoms with Crippen LogP contribution in [0.2, 0.25) is 5.02 Å². The number of imidazole rings is 1. The van der Waals surface area contributed by atoms with Crippen LogP contribution in [0.1, 0.15) is 15.9 Å². The van der Waals surface area contributed by atoms with Crippen LogP contribution in [0.4, 0.5) is 11.6 Å². The lowest BCUT2D eigenvalue weighted by Crippen LogP contribution is -2.26. The van der Waals surface area contributed by atoms with E-state index in [1.807, 2.05) is 28.8 Å². The number of carbonyl (C=O) groups excluding carboxylic acids is 1. The fraction of sp³-hybridized carbons (Fsp3) is 0.182. The highest BCUT2D eigenvalue weighted by Crippen LogP contribution is 2.28. The monoisotopic (exact) mass is 452 g/mol. The number of aliphatic hydroxyl groups is 1. The molecule has 4 aromatic rings. The van der Waals surface area contributed by atoms with Crippen LogP contribution in [-0.4, -0.2) is 50.6 Å². The molecule has 3 heterocycles. The van der Waals surface area contributed by atoms with Crippen LogP contribution in [0.5, 0.6) is 0 Å². The molecule has 4 rings (SSSR count). The number of pyridine rings is 1. The Morgan fingerprint density at radius 3 is 2.91 bits per heavy atom. The van der Waals surface area contributed by atoms with Crippen molar-refractivity contribution in [2.45, 2.75) is 6.61 Å². The molecule has 3 aromatic heterocycles. The van der Waals surface area contributed by atoms with E-state index in [0.29, 0.717) is 27.9 Å². The van der Waals surface area contributed by atoms with E-state index in [-0.39, 0.29) is 25.7 Å². The van der Waals surface area contributed by atoms with E-state index in [4.69, 9.17) is 21.4 Å². The molecule has 0 aliphatic carbocycles. The van der Waals surface area contributed by atoms with Crippen molar-refractivity contribution in [2.75, 3.05) is 25.6 Å². The number of nitrogens with zero attached hydrogens (tertiary/aromatic N) is 4. The lowest BCUT2D eigenvalue weighted by Gasteiger charge is -2.13. The number of methoxy groups -OCH3 is 1. The zero-order chi connectivity index (χ0) is 22.5. The van der Waals surface area contributed by atoms with Crippen molar-refractivity contribution >= 4 is 34.8 Å². The molecule has 0 aliphatic rings. The van der Waals surface area contributed by atoms with Gasteiger partial charge in [0.15, 0.2) is 0 Å². The summed E-state index contributed by atoms with van der Waals surface area (Å²) in [5, 5.41) is 15.1. The van der Waals surface area contributed by atoms with Crippen LogP contribution in [-0.2, 0) is 11.3 Å². The summed E-state index contributed by atoms with van der Waals surface area (Å²) in [6, 6.07) is 10.9. The number of anilines is 2. The summed E-state index contributed by atoms with van der Waals surface area (Å²) in [6.45, 7) is 0.333. The Bertz CT molecular complexity index is 1260. The Balaban J connectivity index is 1.65. The van der Waals surface area contributed by atoms with Crippen LogP contribution in [0.25, 0.3) is 17.0 Å². The molecule has 10 heteroatoms. The number of fused-ring (bicyclic) bond motifs is 1. The normalized spacial score (nSPS) is 11.0. The lowest BCUT2D eigenvalue weighted by molar-refractivity contribution is 0.0944. The Morgan fingerprint density at radius 1 is 1.22 bits per heavy atom. The number of rotatable bonds is 8. The summed E-state index contributed by atoms with van der Waals surface area (Å²) < 4.78 is 7.18. The molecular formula is C22H21ClN6O3. The molecule has 0 radical (unpaired) electrons. The Hall–Kier alpha value is -3.53. The maximum absolute atomic E-state index is 12.2. The van der Waals surface area contributed by atoms with Gasteiger partial charge < -0.3 is 20.5 Å². The van der Waals surface area contributed by atoms with Crippen LogP contribution in [0, 0.1) is 0 Å². The highest BCUT2D eigenvalue weighted by atomic mass is 35.5. The number of aliphatic hydroxyl groups excluding tert-OH is 1. The molecule has 0 bridgehead atoms. The molecule has 1 aromatic carbocycles. The molecule has 0 aliphatic heterocycles. The largest absolute Gasteiger partial charge is 0.395 e. The highest BCUT2D eigenvalue weighted by molar-refractivity contribution is 6.32. The summed E-state index contributed by atoms with van der Waals surface area (Å²) in [5.74, 6) is 0.0608. The minimum absolute atomic E-state index is 0.126. The molecule has 9 nitrogen and oxygen atoms in total. The molecule has 164 valence electrons. The van der Waals surface area contributed by atoms with Crippen molar-refractivity contribution in [1.29, 1.82) is 0 Å². The van der Waals surface area contributed by atoms with Gasteiger partial charge in [0, 0.05) is 36.7 Å². The Morgan fingerprint density at radius 2 is 2.09 bits per heavy atom. The number of hydrogen-bond donors (Lipinski definition) is 3. The molecule has 32 heavy (non-hydrogen) atoms. The van der Waals surface area contributed by atoms with E-state index in [2.05, 4.69) is 25.6 Å². The third kappa shape index (κ3) is 4.54. The van der Waals surface area contributed by atoms with Crippen LogP contribution >= 0.6 is 11.6 Å². The predicted octanol–water partition coefficient (Wildman–Crippen LogP) is 3.06. The number of halogens is 1. The van der Waals surface area contributed by atoms with Crippen molar-refractivity contribution in [2.24, 2.45) is 0 Å². The predicted molar refractivity (Wildman–Crippen MR) is 121 cm³/mol. The number of hydrogen-bond acceptors (Lipinski definition) is 7. The molecular weight excluding hydrogens is 432 g/mol. The Labute approximate surface area is 189 Å². The molecule has 1 amide bonds. The second-order valence-corrected chi connectivity index (χ2v) is 7.28. The van der Waals surface area contributed by atoms with Gasteiger partial charge in [-0.2, -0.15) is 0 Å². The number of nitrogens with one attached hydrogen (secondary N) is 2. The van der Waals surface area contributed by atoms with Crippen molar-refractivity contribution < 1.29 is 14.6 Å². The van der Waals surface area contributed by atoms with E-state index in [0.717, 1.165) is 16.9 Å². The second kappa shape index (κ2) is 9.73. The van der Waals surface area contributed by atoms with Gasteiger partial charge in [-0.1, -0.05) is 17.7 Å². The van der Waals surface area contributed by atoms with Crippen LogP contribution in [0.3, 0.4) is 0 Å². The third-order valence-electron chi connectivity index (χ3n) is 4.71. The van der Waals surface area contributed by atoms with Gasteiger partial charge in [0.05, 0.1) is 36.3 Å². The second-order valence-electron chi connectivity index (χ2n) is 6.87. The maximum atomic E-state index is 12.2. The minimum Gasteiger partial charge on any atom is -0.395 e. The fourth-order valence-electron chi connectivity index (χ4n) is 3.24. The zero-order valence-corrected chi connectivity index (χ0v) is 18.0. The van der Waals surface area contributed by atoms with Crippen molar-refractivity contribution in [3.8, 4) is 11.4 Å². The minimum atomic E-state index is -0.277. The summed E-state index contributed by atoms with van der Waals surface area (Å²) in [4.78, 5) is 25.5.